The van der Waals surface area contributed by atoms with Crippen molar-refractivity contribution >= 4 is 22.9 Å². The summed E-state index contributed by atoms with van der Waals surface area (Å²) in [5, 5.41) is 2.19. The minimum atomic E-state index is -0.114. The molecule has 4 heteroatoms. The highest BCUT2D eigenvalue weighted by Crippen LogP contribution is 2.46. The van der Waals surface area contributed by atoms with Gasteiger partial charge in [-0.3, -0.25) is 0 Å². The molecule has 0 atom stereocenters. The summed E-state index contributed by atoms with van der Waals surface area (Å²) in [6, 6.07) is 3.88. The zero-order valence-electron chi connectivity index (χ0n) is 13.3. The van der Waals surface area contributed by atoms with Gasteiger partial charge in [-0.25, -0.2) is 8.70 Å². The third-order valence-corrected chi connectivity index (χ3v) is 6.20. The molecular formula is C18H23FN2S. The fourth-order valence-corrected chi connectivity index (χ4v) is 5.07. The van der Waals surface area contributed by atoms with Crippen molar-refractivity contribution in [1.82, 2.24) is 9.29 Å². The molecule has 1 aliphatic carbocycles. The normalized spacial score (nSPS) is 25.8. The summed E-state index contributed by atoms with van der Waals surface area (Å²) in [6.45, 7) is 6.63. The quantitative estimate of drug-likeness (QED) is 0.781. The second-order valence-electron chi connectivity index (χ2n) is 7.01. The van der Waals surface area contributed by atoms with E-state index < -0.39 is 0 Å². The highest BCUT2D eigenvalue weighted by atomic mass is 32.2. The second-order valence-corrected chi connectivity index (χ2v) is 8.15. The molecule has 2 fully saturated rings. The molecule has 0 spiro atoms. The number of hydrogen-bond acceptors (Lipinski definition) is 2. The molecule has 2 aromatic rings. The van der Waals surface area contributed by atoms with Crippen molar-refractivity contribution < 1.29 is 4.39 Å². The van der Waals surface area contributed by atoms with E-state index in [0.29, 0.717) is 11.4 Å². The Balaban J connectivity index is 1.73. The van der Waals surface area contributed by atoms with Gasteiger partial charge in [-0.2, -0.15) is 0 Å². The average Bonchev–Trinajstić information content (AvgIpc) is 3.07. The van der Waals surface area contributed by atoms with E-state index >= 15 is 0 Å². The van der Waals surface area contributed by atoms with Crippen LogP contribution in [0.1, 0.15) is 49.7 Å². The topological polar surface area (TPSA) is 19.0 Å². The van der Waals surface area contributed by atoms with E-state index in [2.05, 4.69) is 29.2 Å². The molecule has 0 radical (unpaired) electrons. The Morgan fingerprint density at radius 3 is 2.64 bits per heavy atom. The van der Waals surface area contributed by atoms with Gasteiger partial charge < -0.3 is 4.98 Å². The fraction of sp³-hybridized carbons (Fsp3) is 0.556. The lowest BCUT2D eigenvalue weighted by atomic mass is 9.70. The number of halogens is 1. The Morgan fingerprint density at radius 1 is 1.23 bits per heavy atom. The Hall–Kier alpha value is -1.00. The number of aryl methyl sites for hydroxylation is 1. The van der Waals surface area contributed by atoms with Crippen LogP contribution in [0, 0.1) is 18.7 Å². The van der Waals surface area contributed by atoms with Crippen molar-refractivity contribution in [2.24, 2.45) is 5.92 Å². The number of nitrogens with zero attached hydrogens (tertiary/aromatic N) is 1. The first kappa shape index (κ1) is 14.6. The molecular weight excluding hydrogens is 295 g/mol. The molecule has 0 bridgehead atoms. The average molecular weight is 318 g/mol. The van der Waals surface area contributed by atoms with Gasteiger partial charge in [0.1, 0.15) is 5.82 Å². The number of nitrogens with one attached hydrogen (secondary N) is 1. The summed E-state index contributed by atoms with van der Waals surface area (Å²) < 4.78 is 16.7. The minimum absolute atomic E-state index is 0.114. The second kappa shape index (κ2) is 5.57. The SMILES string of the molecule is Cc1cc(F)c2[nH]c(SN3CCCC3)cc2c1C1CC(C)C1. The van der Waals surface area contributed by atoms with Crippen molar-refractivity contribution in [2.45, 2.75) is 50.5 Å². The zero-order chi connectivity index (χ0) is 15.3. The van der Waals surface area contributed by atoms with Gasteiger partial charge in [0.05, 0.1) is 10.5 Å². The molecule has 0 unspecified atom stereocenters. The van der Waals surface area contributed by atoms with Crippen molar-refractivity contribution in [3.05, 3.63) is 29.1 Å². The number of fused-ring (bicyclic) bond motifs is 1. The van der Waals surface area contributed by atoms with Crippen molar-refractivity contribution in [1.29, 1.82) is 0 Å². The van der Waals surface area contributed by atoms with Crippen LogP contribution in [0.2, 0.25) is 0 Å². The summed E-state index contributed by atoms with van der Waals surface area (Å²) in [5.41, 5.74) is 3.18. The zero-order valence-corrected chi connectivity index (χ0v) is 14.1. The smallest absolute Gasteiger partial charge is 0.147 e. The standard InChI is InChI=1S/C18H23FN2S/c1-11-7-13(8-11)17-12(2)9-15(19)18-14(17)10-16(20-18)22-21-5-3-4-6-21/h9-11,13,20H,3-8H2,1-2H3. The summed E-state index contributed by atoms with van der Waals surface area (Å²) >= 11 is 1.75. The third-order valence-electron chi connectivity index (χ3n) is 5.16. The van der Waals surface area contributed by atoms with Crippen LogP contribution in [0.4, 0.5) is 4.39 Å². The van der Waals surface area contributed by atoms with E-state index in [1.54, 1.807) is 18.0 Å². The molecule has 2 nitrogen and oxygen atoms in total. The molecule has 1 N–H and O–H groups in total. The lowest BCUT2D eigenvalue weighted by Crippen LogP contribution is -2.20. The van der Waals surface area contributed by atoms with Gasteiger partial charge in [0, 0.05) is 18.5 Å². The summed E-state index contributed by atoms with van der Waals surface area (Å²) in [7, 11) is 0. The first-order chi connectivity index (χ1) is 10.6. The van der Waals surface area contributed by atoms with Gasteiger partial charge in [0.2, 0.25) is 0 Å². The molecule has 118 valence electrons. The third kappa shape index (κ3) is 2.46. The highest BCUT2D eigenvalue weighted by molar-refractivity contribution is 7.97. The Morgan fingerprint density at radius 2 is 1.95 bits per heavy atom. The minimum Gasteiger partial charge on any atom is -0.346 e. The Bertz CT molecular complexity index is 697. The first-order valence-electron chi connectivity index (χ1n) is 8.36. The largest absolute Gasteiger partial charge is 0.346 e. The molecule has 0 amide bonds. The van der Waals surface area contributed by atoms with Crippen LogP contribution in [-0.4, -0.2) is 22.4 Å². The van der Waals surface area contributed by atoms with Gasteiger partial charge in [-0.15, -0.1) is 0 Å². The van der Waals surface area contributed by atoms with Crippen LogP contribution >= 0.6 is 11.9 Å². The van der Waals surface area contributed by atoms with Gasteiger partial charge in [0.25, 0.3) is 0 Å². The lowest BCUT2D eigenvalue weighted by molar-refractivity contribution is 0.289. The van der Waals surface area contributed by atoms with E-state index in [4.69, 9.17) is 0 Å². The van der Waals surface area contributed by atoms with Crippen molar-refractivity contribution in [3.63, 3.8) is 0 Å². The summed E-state index contributed by atoms with van der Waals surface area (Å²) in [4.78, 5) is 3.32. The molecule has 22 heavy (non-hydrogen) atoms. The van der Waals surface area contributed by atoms with Crippen LogP contribution < -0.4 is 0 Å². The van der Waals surface area contributed by atoms with Crippen LogP contribution in [0.5, 0.6) is 0 Å². The van der Waals surface area contributed by atoms with Crippen molar-refractivity contribution in [3.8, 4) is 0 Å². The lowest BCUT2D eigenvalue weighted by Gasteiger charge is -2.34. The van der Waals surface area contributed by atoms with Gasteiger partial charge >= 0.3 is 0 Å². The number of hydrogen-bond donors (Lipinski definition) is 1. The Labute approximate surface area is 135 Å². The summed E-state index contributed by atoms with van der Waals surface area (Å²) in [5.74, 6) is 1.30. The monoisotopic (exact) mass is 318 g/mol. The molecule has 1 aromatic heterocycles. The van der Waals surface area contributed by atoms with Gasteiger partial charge in [-0.1, -0.05) is 6.92 Å². The maximum absolute atomic E-state index is 14.4. The fourth-order valence-electron chi connectivity index (χ4n) is 4.03. The molecule has 4 rings (SSSR count). The van der Waals surface area contributed by atoms with E-state index in [-0.39, 0.29) is 5.82 Å². The van der Waals surface area contributed by atoms with Crippen LogP contribution in [0.25, 0.3) is 10.9 Å². The highest BCUT2D eigenvalue weighted by Gasteiger charge is 2.30. The molecule has 2 aliphatic rings. The molecule has 1 aliphatic heterocycles. The summed E-state index contributed by atoms with van der Waals surface area (Å²) in [6.07, 6.45) is 5.01. The molecule has 2 heterocycles. The number of benzene rings is 1. The van der Waals surface area contributed by atoms with Gasteiger partial charge in [-0.05, 0) is 79.7 Å². The van der Waals surface area contributed by atoms with Crippen LogP contribution in [0.15, 0.2) is 17.2 Å². The molecule has 1 saturated heterocycles. The number of rotatable bonds is 3. The van der Waals surface area contributed by atoms with Crippen LogP contribution in [-0.2, 0) is 0 Å². The number of H-pyrrole nitrogens is 1. The number of aromatic amines is 1. The molecule has 1 saturated carbocycles. The maximum atomic E-state index is 14.4. The number of aromatic nitrogens is 1. The van der Waals surface area contributed by atoms with E-state index in [1.807, 2.05) is 0 Å². The van der Waals surface area contributed by atoms with Crippen LogP contribution in [0.3, 0.4) is 0 Å². The van der Waals surface area contributed by atoms with E-state index in [1.165, 1.54) is 31.2 Å². The van der Waals surface area contributed by atoms with E-state index in [9.17, 15) is 4.39 Å². The van der Waals surface area contributed by atoms with Crippen molar-refractivity contribution in [2.75, 3.05) is 13.1 Å². The van der Waals surface area contributed by atoms with Gasteiger partial charge in [0.15, 0.2) is 0 Å². The predicted octanol–water partition coefficient (Wildman–Crippen LogP) is 5.23. The molecule has 1 aromatic carbocycles. The maximum Gasteiger partial charge on any atom is 0.147 e. The first-order valence-corrected chi connectivity index (χ1v) is 9.14. The Kier molecular flexibility index (Phi) is 3.69. The van der Waals surface area contributed by atoms with E-state index in [0.717, 1.165) is 35.0 Å². The predicted molar refractivity (Wildman–Crippen MR) is 90.8 cm³/mol.